The summed E-state index contributed by atoms with van der Waals surface area (Å²) in [5.74, 6) is 7.30. The summed E-state index contributed by atoms with van der Waals surface area (Å²) in [6, 6.07) is 15.2. The van der Waals surface area contributed by atoms with Crippen LogP contribution in [0, 0.1) is 17.8 Å². The number of carbonyl (C=O) groups is 1. The summed E-state index contributed by atoms with van der Waals surface area (Å²) in [6.45, 7) is 7.64. The van der Waals surface area contributed by atoms with Crippen molar-refractivity contribution in [2.75, 3.05) is 13.2 Å². The Morgan fingerprint density at radius 2 is 1.33 bits per heavy atom. The van der Waals surface area contributed by atoms with Crippen LogP contribution >= 0.6 is 0 Å². The standard InChI is InChI=1S/C30H40O3/c1-4-6-7-8-9-10-11-12-23-32-29-21-17-27(18-22-29)14-13-26-15-19-28(20-16-26)30(31)33-24-25(3)5-2/h15-22,25H,4-12,23-24H2,1-3H3/t25-/m0/s1. The number of unbranched alkanes of at least 4 members (excludes halogenated alkanes) is 7. The number of carbonyl (C=O) groups excluding carboxylic acids is 1. The van der Waals surface area contributed by atoms with E-state index in [9.17, 15) is 4.79 Å². The quantitative estimate of drug-likeness (QED) is 0.168. The van der Waals surface area contributed by atoms with Gasteiger partial charge in [0.15, 0.2) is 0 Å². The van der Waals surface area contributed by atoms with Gasteiger partial charge in [0.2, 0.25) is 0 Å². The van der Waals surface area contributed by atoms with Gasteiger partial charge in [-0.05, 0) is 60.9 Å². The van der Waals surface area contributed by atoms with Crippen LogP contribution in [-0.2, 0) is 4.74 Å². The first kappa shape index (κ1) is 26.5. The fourth-order valence-electron chi connectivity index (χ4n) is 3.31. The summed E-state index contributed by atoms with van der Waals surface area (Å²) in [4.78, 5) is 12.1. The topological polar surface area (TPSA) is 35.5 Å². The molecule has 0 aliphatic rings. The normalized spacial score (nSPS) is 11.4. The van der Waals surface area contributed by atoms with Crippen molar-refractivity contribution in [1.82, 2.24) is 0 Å². The number of benzene rings is 2. The van der Waals surface area contributed by atoms with Gasteiger partial charge in [0.25, 0.3) is 0 Å². The smallest absolute Gasteiger partial charge is 0.338 e. The number of esters is 1. The Morgan fingerprint density at radius 3 is 1.91 bits per heavy atom. The van der Waals surface area contributed by atoms with E-state index in [1.807, 2.05) is 36.4 Å². The maximum atomic E-state index is 12.1. The Kier molecular flexibility index (Phi) is 12.8. The highest BCUT2D eigenvalue weighted by Gasteiger charge is 2.08. The van der Waals surface area contributed by atoms with Gasteiger partial charge in [-0.15, -0.1) is 0 Å². The van der Waals surface area contributed by atoms with Crippen molar-refractivity contribution >= 4 is 5.97 Å². The monoisotopic (exact) mass is 448 g/mol. The number of ether oxygens (including phenoxy) is 2. The molecule has 3 nitrogen and oxygen atoms in total. The Balaban J connectivity index is 1.71. The van der Waals surface area contributed by atoms with E-state index in [4.69, 9.17) is 9.47 Å². The average molecular weight is 449 g/mol. The molecule has 0 amide bonds. The van der Waals surface area contributed by atoms with Crippen molar-refractivity contribution in [2.45, 2.75) is 78.6 Å². The largest absolute Gasteiger partial charge is 0.494 e. The van der Waals surface area contributed by atoms with E-state index in [0.717, 1.165) is 36.3 Å². The molecule has 0 unspecified atom stereocenters. The molecule has 2 aromatic rings. The highest BCUT2D eigenvalue weighted by Crippen LogP contribution is 2.14. The molecule has 2 rings (SSSR count). The maximum Gasteiger partial charge on any atom is 0.338 e. The molecule has 3 heteroatoms. The second-order valence-corrected chi connectivity index (χ2v) is 8.79. The predicted octanol–water partition coefficient (Wildman–Crippen LogP) is 7.81. The maximum absolute atomic E-state index is 12.1. The van der Waals surface area contributed by atoms with Crippen molar-refractivity contribution in [2.24, 2.45) is 5.92 Å². The fourth-order valence-corrected chi connectivity index (χ4v) is 3.31. The molecule has 0 saturated carbocycles. The molecule has 0 spiro atoms. The number of rotatable bonds is 14. The summed E-state index contributed by atoms with van der Waals surface area (Å²) in [6.07, 6.45) is 11.4. The third-order valence-electron chi connectivity index (χ3n) is 5.79. The van der Waals surface area contributed by atoms with Crippen LogP contribution < -0.4 is 4.74 Å². The molecule has 178 valence electrons. The molecule has 0 aliphatic heterocycles. The first-order chi connectivity index (χ1) is 16.1. The molecule has 0 aliphatic carbocycles. The lowest BCUT2D eigenvalue weighted by Crippen LogP contribution is -2.11. The van der Waals surface area contributed by atoms with Gasteiger partial charge in [0.05, 0.1) is 18.8 Å². The van der Waals surface area contributed by atoms with E-state index in [1.165, 1.54) is 44.9 Å². The van der Waals surface area contributed by atoms with Gasteiger partial charge in [0, 0.05) is 11.1 Å². The molecule has 1 atom stereocenters. The summed E-state index contributed by atoms with van der Waals surface area (Å²) >= 11 is 0. The van der Waals surface area contributed by atoms with Crippen LogP contribution in [0.4, 0.5) is 0 Å². The summed E-state index contributed by atoms with van der Waals surface area (Å²) in [5, 5.41) is 0. The van der Waals surface area contributed by atoms with Crippen LogP contribution in [0.2, 0.25) is 0 Å². The molecule has 33 heavy (non-hydrogen) atoms. The van der Waals surface area contributed by atoms with E-state index in [-0.39, 0.29) is 5.97 Å². The lowest BCUT2D eigenvalue weighted by atomic mass is 10.1. The van der Waals surface area contributed by atoms with Crippen LogP contribution in [0.1, 0.15) is 100 Å². The van der Waals surface area contributed by atoms with E-state index in [2.05, 4.69) is 32.6 Å². The van der Waals surface area contributed by atoms with E-state index in [0.29, 0.717) is 18.1 Å². The van der Waals surface area contributed by atoms with Crippen LogP contribution in [0.3, 0.4) is 0 Å². The van der Waals surface area contributed by atoms with E-state index >= 15 is 0 Å². The SMILES string of the molecule is CCCCCCCCCCOc1ccc(C#Cc2ccc(C(=O)OC[C@@H](C)CC)cc2)cc1. The van der Waals surface area contributed by atoms with Crippen molar-refractivity contribution < 1.29 is 14.3 Å². The molecule has 0 bridgehead atoms. The van der Waals surface area contributed by atoms with Crippen LogP contribution in [0.15, 0.2) is 48.5 Å². The zero-order valence-corrected chi connectivity index (χ0v) is 20.7. The van der Waals surface area contributed by atoms with Crippen LogP contribution in [0.5, 0.6) is 5.75 Å². The van der Waals surface area contributed by atoms with Gasteiger partial charge >= 0.3 is 5.97 Å². The summed E-state index contributed by atoms with van der Waals surface area (Å²) in [5.41, 5.74) is 2.36. The molecule has 0 heterocycles. The number of hydrogen-bond donors (Lipinski definition) is 0. The van der Waals surface area contributed by atoms with Gasteiger partial charge in [-0.25, -0.2) is 4.79 Å². The Labute approximate surface area is 200 Å². The van der Waals surface area contributed by atoms with Gasteiger partial charge in [-0.2, -0.15) is 0 Å². The molecule has 0 saturated heterocycles. The third kappa shape index (κ3) is 11.1. The molecule has 0 radical (unpaired) electrons. The minimum Gasteiger partial charge on any atom is -0.494 e. The lowest BCUT2D eigenvalue weighted by Gasteiger charge is -2.09. The lowest BCUT2D eigenvalue weighted by molar-refractivity contribution is 0.0447. The van der Waals surface area contributed by atoms with Gasteiger partial charge in [-0.1, -0.05) is 84.0 Å². The zero-order valence-electron chi connectivity index (χ0n) is 20.7. The fraction of sp³-hybridized carbons (Fsp3) is 0.500. The summed E-state index contributed by atoms with van der Waals surface area (Å²) in [7, 11) is 0. The van der Waals surface area contributed by atoms with Crippen LogP contribution in [-0.4, -0.2) is 19.2 Å². The first-order valence-corrected chi connectivity index (χ1v) is 12.6. The van der Waals surface area contributed by atoms with Crippen molar-refractivity contribution in [3.8, 4) is 17.6 Å². The average Bonchev–Trinajstić information content (AvgIpc) is 2.85. The third-order valence-corrected chi connectivity index (χ3v) is 5.79. The van der Waals surface area contributed by atoms with E-state index in [1.54, 1.807) is 12.1 Å². The van der Waals surface area contributed by atoms with E-state index < -0.39 is 0 Å². The molecule has 0 fully saturated rings. The highest BCUT2D eigenvalue weighted by molar-refractivity contribution is 5.89. The minimum atomic E-state index is -0.280. The zero-order chi connectivity index (χ0) is 23.7. The minimum absolute atomic E-state index is 0.280. The second kappa shape index (κ2) is 16.0. The predicted molar refractivity (Wildman–Crippen MR) is 137 cm³/mol. The molecular formula is C30H40O3. The Hall–Kier alpha value is -2.73. The van der Waals surface area contributed by atoms with Crippen molar-refractivity contribution in [3.63, 3.8) is 0 Å². The summed E-state index contributed by atoms with van der Waals surface area (Å²) < 4.78 is 11.2. The van der Waals surface area contributed by atoms with Gasteiger partial charge < -0.3 is 9.47 Å². The Morgan fingerprint density at radius 1 is 0.788 bits per heavy atom. The molecule has 2 aromatic carbocycles. The molecule has 0 aromatic heterocycles. The number of hydrogen-bond acceptors (Lipinski definition) is 3. The molecular weight excluding hydrogens is 408 g/mol. The van der Waals surface area contributed by atoms with Crippen LogP contribution in [0.25, 0.3) is 0 Å². The first-order valence-electron chi connectivity index (χ1n) is 12.6. The highest BCUT2D eigenvalue weighted by atomic mass is 16.5. The van der Waals surface area contributed by atoms with Gasteiger partial charge in [-0.3, -0.25) is 0 Å². The Bertz CT molecular complexity index is 856. The van der Waals surface area contributed by atoms with Crippen molar-refractivity contribution in [1.29, 1.82) is 0 Å². The van der Waals surface area contributed by atoms with Crippen molar-refractivity contribution in [3.05, 3.63) is 65.2 Å². The molecule has 0 N–H and O–H groups in total. The van der Waals surface area contributed by atoms with Gasteiger partial charge in [0.1, 0.15) is 5.75 Å². The second-order valence-electron chi connectivity index (χ2n) is 8.79.